The number of piperidine rings is 1. The van der Waals surface area contributed by atoms with Crippen molar-refractivity contribution in [1.29, 1.82) is 0 Å². The third-order valence-electron chi connectivity index (χ3n) is 4.83. The van der Waals surface area contributed by atoms with Gasteiger partial charge in [0.05, 0.1) is 16.9 Å². The summed E-state index contributed by atoms with van der Waals surface area (Å²) in [5, 5.41) is 6.95. The highest BCUT2D eigenvalue weighted by atomic mass is 16.2. The monoisotopic (exact) mass is 342 g/mol. The number of rotatable bonds is 5. The van der Waals surface area contributed by atoms with Crippen LogP contribution in [0.2, 0.25) is 0 Å². The highest BCUT2D eigenvalue weighted by Gasteiger charge is 2.23. The van der Waals surface area contributed by atoms with E-state index in [2.05, 4.69) is 29.5 Å². The molecule has 0 radical (unpaired) electrons. The Morgan fingerprint density at radius 1 is 1.40 bits per heavy atom. The molecule has 3 rings (SSSR count). The SMILES string of the molecule is CCCC(C)Nc1cccc2nc(C)n(C3CCC(=O)NC3)c(=O)c12. The van der Waals surface area contributed by atoms with Gasteiger partial charge in [0.25, 0.3) is 5.56 Å². The van der Waals surface area contributed by atoms with Crippen molar-refractivity contribution < 1.29 is 4.79 Å². The summed E-state index contributed by atoms with van der Waals surface area (Å²) in [6, 6.07) is 6.01. The molecule has 1 saturated heterocycles. The van der Waals surface area contributed by atoms with Crippen LogP contribution in [-0.4, -0.2) is 28.0 Å². The maximum Gasteiger partial charge on any atom is 0.263 e. The first-order valence-electron chi connectivity index (χ1n) is 9.06. The predicted octanol–water partition coefficient (Wildman–Crippen LogP) is 2.76. The summed E-state index contributed by atoms with van der Waals surface area (Å²) >= 11 is 0. The summed E-state index contributed by atoms with van der Waals surface area (Å²) in [4.78, 5) is 29.4. The van der Waals surface area contributed by atoms with Crippen molar-refractivity contribution in [2.24, 2.45) is 0 Å². The van der Waals surface area contributed by atoms with Crippen LogP contribution in [0.5, 0.6) is 0 Å². The van der Waals surface area contributed by atoms with Crippen molar-refractivity contribution in [2.75, 3.05) is 11.9 Å². The van der Waals surface area contributed by atoms with Crippen LogP contribution >= 0.6 is 0 Å². The lowest BCUT2D eigenvalue weighted by atomic mass is 10.1. The van der Waals surface area contributed by atoms with Crippen LogP contribution in [-0.2, 0) is 4.79 Å². The minimum atomic E-state index is -0.0387. The van der Waals surface area contributed by atoms with Crippen molar-refractivity contribution in [3.05, 3.63) is 34.4 Å². The van der Waals surface area contributed by atoms with Gasteiger partial charge in [-0.2, -0.15) is 0 Å². The van der Waals surface area contributed by atoms with Gasteiger partial charge in [-0.3, -0.25) is 14.2 Å². The molecule has 1 aromatic heterocycles. The second-order valence-electron chi connectivity index (χ2n) is 6.86. The number of nitrogens with one attached hydrogen (secondary N) is 2. The van der Waals surface area contributed by atoms with E-state index >= 15 is 0 Å². The Balaban J connectivity index is 2.07. The summed E-state index contributed by atoms with van der Waals surface area (Å²) in [5.74, 6) is 0.740. The van der Waals surface area contributed by atoms with Crippen LogP contribution in [0.1, 0.15) is 51.4 Å². The van der Waals surface area contributed by atoms with E-state index in [1.165, 1.54) is 0 Å². The van der Waals surface area contributed by atoms with E-state index in [9.17, 15) is 9.59 Å². The fourth-order valence-corrected chi connectivity index (χ4v) is 3.61. The van der Waals surface area contributed by atoms with E-state index in [1.807, 2.05) is 25.1 Å². The van der Waals surface area contributed by atoms with Crippen molar-refractivity contribution >= 4 is 22.5 Å². The van der Waals surface area contributed by atoms with Gasteiger partial charge >= 0.3 is 0 Å². The summed E-state index contributed by atoms with van der Waals surface area (Å²) in [6.45, 7) is 6.61. The van der Waals surface area contributed by atoms with Crippen LogP contribution in [0.25, 0.3) is 10.9 Å². The normalized spacial score (nSPS) is 18.8. The molecule has 2 heterocycles. The summed E-state index contributed by atoms with van der Waals surface area (Å²) in [6.07, 6.45) is 3.24. The molecule has 1 amide bonds. The van der Waals surface area contributed by atoms with Gasteiger partial charge in [0.2, 0.25) is 5.91 Å². The number of amides is 1. The summed E-state index contributed by atoms with van der Waals surface area (Å²) in [5.41, 5.74) is 1.52. The van der Waals surface area contributed by atoms with Gasteiger partial charge in [-0.15, -0.1) is 0 Å². The quantitative estimate of drug-likeness (QED) is 0.876. The lowest BCUT2D eigenvalue weighted by Crippen LogP contribution is -2.40. The molecule has 134 valence electrons. The second-order valence-corrected chi connectivity index (χ2v) is 6.86. The Bertz CT molecular complexity index is 833. The molecule has 2 aromatic rings. The van der Waals surface area contributed by atoms with E-state index in [1.54, 1.807) is 4.57 Å². The topological polar surface area (TPSA) is 76.0 Å². The smallest absolute Gasteiger partial charge is 0.263 e. The second kappa shape index (κ2) is 7.25. The molecule has 6 heteroatoms. The zero-order valence-corrected chi connectivity index (χ0v) is 15.1. The first-order chi connectivity index (χ1) is 12.0. The molecule has 1 aromatic carbocycles. The fraction of sp³-hybridized carbons (Fsp3) is 0.526. The average molecular weight is 342 g/mol. The Morgan fingerprint density at radius 2 is 2.20 bits per heavy atom. The molecule has 25 heavy (non-hydrogen) atoms. The number of carbonyl (C=O) groups excluding carboxylic acids is 1. The van der Waals surface area contributed by atoms with Gasteiger partial charge in [0, 0.05) is 24.7 Å². The van der Waals surface area contributed by atoms with Gasteiger partial charge in [-0.05, 0) is 38.8 Å². The molecule has 0 aliphatic carbocycles. The molecule has 2 unspecified atom stereocenters. The van der Waals surface area contributed by atoms with Gasteiger partial charge < -0.3 is 10.6 Å². The molecule has 2 N–H and O–H groups in total. The number of hydrogen-bond donors (Lipinski definition) is 2. The minimum absolute atomic E-state index is 0.0320. The van der Waals surface area contributed by atoms with Crippen molar-refractivity contribution in [1.82, 2.24) is 14.9 Å². The van der Waals surface area contributed by atoms with Gasteiger partial charge in [0.15, 0.2) is 0 Å². The van der Waals surface area contributed by atoms with Crippen molar-refractivity contribution in [3.63, 3.8) is 0 Å². The molecule has 0 bridgehead atoms. The molecule has 1 aliphatic heterocycles. The van der Waals surface area contributed by atoms with E-state index in [0.717, 1.165) is 18.5 Å². The summed E-state index contributed by atoms with van der Waals surface area (Å²) in [7, 11) is 0. The number of aryl methyl sites for hydroxylation is 1. The predicted molar refractivity (Wildman–Crippen MR) is 100 cm³/mol. The highest BCUT2D eigenvalue weighted by molar-refractivity contribution is 5.90. The zero-order chi connectivity index (χ0) is 18.0. The number of aromatic nitrogens is 2. The van der Waals surface area contributed by atoms with Gasteiger partial charge in [-0.1, -0.05) is 19.4 Å². The Labute approximate surface area is 147 Å². The molecule has 1 fully saturated rings. The van der Waals surface area contributed by atoms with Crippen LogP contribution in [0.3, 0.4) is 0 Å². The average Bonchev–Trinajstić information content (AvgIpc) is 2.56. The first-order valence-corrected chi connectivity index (χ1v) is 9.06. The fourth-order valence-electron chi connectivity index (χ4n) is 3.61. The van der Waals surface area contributed by atoms with Crippen LogP contribution < -0.4 is 16.2 Å². The Kier molecular flexibility index (Phi) is 5.06. The first kappa shape index (κ1) is 17.5. The lowest BCUT2D eigenvalue weighted by molar-refractivity contribution is -0.122. The molecule has 1 aliphatic rings. The number of benzene rings is 1. The maximum absolute atomic E-state index is 13.3. The summed E-state index contributed by atoms with van der Waals surface area (Å²) < 4.78 is 1.75. The number of fused-ring (bicyclic) bond motifs is 1. The van der Waals surface area contributed by atoms with Crippen LogP contribution in [0.4, 0.5) is 5.69 Å². The molecular formula is C19H26N4O2. The largest absolute Gasteiger partial charge is 0.382 e. The van der Waals surface area contributed by atoms with Gasteiger partial charge in [0.1, 0.15) is 5.82 Å². The number of anilines is 1. The lowest BCUT2D eigenvalue weighted by Gasteiger charge is -2.26. The van der Waals surface area contributed by atoms with E-state index in [-0.39, 0.29) is 17.5 Å². The van der Waals surface area contributed by atoms with Crippen molar-refractivity contribution in [2.45, 2.75) is 58.5 Å². The molecule has 6 nitrogen and oxygen atoms in total. The van der Waals surface area contributed by atoms with Crippen LogP contribution in [0, 0.1) is 6.92 Å². The highest BCUT2D eigenvalue weighted by Crippen LogP contribution is 2.23. The Morgan fingerprint density at radius 3 is 2.88 bits per heavy atom. The number of hydrogen-bond acceptors (Lipinski definition) is 4. The maximum atomic E-state index is 13.3. The Hall–Kier alpha value is -2.37. The van der Waals surface area contributed by atoms with Crippen LogP contribution in [0.15, 0.2) is 23.0 Å². The minimum Gasteiger partial charge on any atom is -0.382 e. The zero-order valence-electron chi connectivity index (χ0n) is 15.1. The number of carbonyl (C=O) groups is 1. The van der Waals surface area contributed by atoms with E-state index < -0.39 is 0 Å². The molecule has 0 saturated carbocycles. The molecule has 0 spiro atoms. The molecular weight excluding hydrogens is 316 g/mol. The number of nitrogens with zero attached hydrogens (tertiary/aromatic N) is 2. The van der Waals surface area contributed by atoms with Crippen molar-refractivity contribution in [3.8, 4) is 0 Å². The molecule has 2 atom stereocenters. The third-order valence-corrected chi connectivity index (χ3v) is 4.83. The third kappa shape index (κ3) is 3.52. The van der Waals surface area contributed by atoms with Gasteiger partial charge in [-0.25, -0.2) is 4.98 Å². The van der Waals surface area contributed by atoms with E-state index in [4.69, 9.17) is 0 Å². The van der Waals surface area contributed by atoms with E-state index in [0.29, 0.717) is 42.2 Å². The standard InChI is InChI=1S/C19H26N4O2/c1-4-6-12(2)21-15-7-5-8-16-18(15)19(25)23(13(3)22-16)14-9-10-17(24)20-11-14/h5,7-8,12,14,21H,4,6,9-11H2,1-3H3,(H,20,24).